The van der Waals surface area contributed by atoms with E-state index >= 15 is 0 Å². The average molecular weight is 340 g/mol. The quantitative estimate of drug-likeness (QED) is 0.579. The van der Waals surface area contributed by atoms with E-state index in [-0.39, 0.29) is 0 Å². The lowest BCUT2D eigenvalue weighted by Crippen LogP contribution is -1.99. The van der Waals surface area contributed by atoms with E-state index in [4.69, 9.17) is 11.6 Å². The largest absolute Gasteiger partial charge is 0.121 e. The molecule has 0 fully saturated rings. The second kappa shape index (κ2) is 4.92. The van der Waals surface area contributed by atoms with Gasteiger partial charge in [0.15, 0.2) is 0 Å². The third-order valence-electron chi connectivity index (χ3n) is 3.46. The van der Waals surface area contributed by atoms with Crippen LogP contribution in [-0.2, 0) is 5.75 Å². The van der Waals surface area contributed by atoms with E-state index in [0.29, 0.717) is 5.92 Å². The second-order valence-electron chi connectivity index (χ2n) is 4.48. The molecule has 2 aromatic rings. The summed E-state index contributed by atoms with van der Waals surface area (Å²) in [7, 11) is 0. The topological polar surface area (TPSA) is 0 Å². The van der Waals surface area contributed by atoms with Crippen LogP contribution in [0.4, 0.5) is 0 Å². The van der Waals surface area contributed by atoms with E-state index in [2.05, 4.69) is 53.2 Å². The molecular formula is C15H12BrClS. The van der Waals surface area contributed by atoms with Crippen molar-refractivity contribution in [1.29, 1.82) is 0 Å². The van der Waals surface area contributed by atoms with E-state index in [1.165, 1.54) is 21.6 Å². The van der Waals surface area contributed by atoms with Gasteiger partial charge in [-0.1, -0.05) is 42.8 Å². The fourth-order valence-electron chi connectivity index (χ4n) is 2.45. The lowest BCUT2D eigenvalue weighted by atomic mass is 9.90. The summed E-state index contributed by atoms with van der Waals surface area (Å²) in [5.74, 6) is 1.39. The monoisotopic (exact) mass is 338 g/mol. The molecule has 1 aliphatic rings. The van der Waals surface area contributed by atoms with Crippen molar-refractivity contribution in [2.24, 2.45) is 0 Å². The number of hydrogen-bond acceptors (Lipinski definition) is 1. The van der Waals surface area contributed by atoms with Crippen LogP contribution in [0, 0.1) is 0 Å². The summed E-state index contributed by atoms with van der Waals surface area (Å²) in [5.41, 5.74) is 4.12. The highest BCUT2D eigenvalue weighted by atomic mass is 79.9. The molecule has 0 saturated heterocycles. The van der Waals surface area contributed by atoms with Crippen LogP contribution in [0.25, 0.3) is 0 Å². The molecule has 1 unspecified atom stereocenters. The summed E-state index contributed by atoms with van der Waals surface area (Å²) in [5, 5.41) is 0.799. The minimum absolute atomic E-state index is 0.416. The predicted octanol–water partition coefficient (Wildman–Crippen LogP) is 5.86. The number of halogens is 2. The molecule has 0 radical (unpaired) electrons. The maximum Gasteiger partial charge on any atom is 0.0551 e. The van der Waals surface area contributed by atoms with Gasteiger partial charge >= 0.3 is 0 Å². The summed E-state index contributed by atoms with van der Waals surface area (Å²) in [6.45, 7) is 2.27. The Morgan fingerprint density at radius 2 is 1.94 bits per heavy atom. The first-order chi connectivity index (χ1) is 8.68. The fourth-order valence-corrected chi connectivity index (χ4v) is 4.51. The van der Waals surface area contributed by atoms with Gasteiger partial charge in [0, 0.05) is 21.0 Å². The highest BCUT2D eigenvalue weighted by Crippen LogP contribution is 2.44. The second-order valence-corrected chi connectivity index (χ2v) is 6.69. The highest BCUT2D eigenvalue weighted by molar-refractivity contribution is 9.10. The third kappa shape index (κ3) is 2.01. The van der Waals surface area contributed by atoms with Crippen molar-refractivity contribution in [1.82, 2.24) is 0 Å². The molecule has 0 nitrogen and oxygen atoms in total. The first kappa shape index (κ1) is 12.6. The van der Waals surface area contributed by atoms with Gasteiger partial charge in [0.05, 0.1) is 5.02 Å². The van der Waals surface area contributed by atoms with Crippen molar-refractivity contribution in [2.45, 2.75) is 23.5 Å². The number of benzene rings is 2. The maximum absolute atomic E-state index is 6.20. The standard InChI is InChI=1S/C15H12BrClS/c1-9-10-6-7-13(17)15(16)12(10)8-18-14-5-3-2-4-11(9)14/h2-7,9H,8H2,1H3. The molecule has 3 heteroatoms. The van der Waals surface area contributed by atoms with Crippen molar-refractivity contribution in [2.75, 3.05) is 0 Å². The van der Waals surface area contributed by atoms with Crippen LogP contribution in [0.2, 0.25) is 5.02 Å². The molecular weight excluding hydrogens is 328 g/mol. The first-order valence-corrected chi connectivity index (χ1v) is 8.02. The zero-order chi connectivity index (χ0) is 12.7. The van der Waals surface area contributed by atoms with Crippen LogP contribution in [0.1, 0.15) is 29.5 Å². The molecule has 0 spiro atoms. The smallest absolute Gasteiger partial charge is 0.0551 e. The number of hydrogen-bond donors (Lipinski definition) is 0. The molecule has 3 rings (SSSR count). The van der Waals surface area contributed by atoms with Gasteiger partial charge in [0.25, 0.3) is 0 Å². The lowest BCUT2D eigenvalue weighted by molar-refractivity contribution is 0.889. The summed E-state index contributed by atoms with van der Waals surface area (Å²) in [6.07, 6.45) is 0. The van der Waals surface area contributed by atoms with Crippen molar-refractivity contribution in [3.05, 3.63) is 62.6 Å². The van der Waals surface area contributed by atoms with Crippen LogP contribution in [-0.4, -0.2) is 0 Å². The molecule has 1 atom stereocenters. The summed E-state index contributed by atoms with van der Waals surface area (Å²) in [4.78, 5) is 1.38. The average Bonchev–Trinajstić information content (AvgIpc) is 2.53. The van der Waals surface area contributed by atoms with E-state index in [9.17, 15) is 0 Å². The SMILES string of the molecule is CC1c2ccccc2SCc2c1ccc(Cl)c2Br. The molecule has 0 aliphatic carbocycles. The fraction of sp³-hybridized carbons (Fsp3) is 0.200. The van der Waals surface area contributed by atoms with Crippen LogP contribution < -0.4 is 0 Å². The normalized spacial score (nSPS) is 17.8. The number of fused-ring (bicyclic) bond motifs is 2. The summed E-state index contributed by atoms with van der Waals surface area (Å²) < 4.78 is 1.05. The Hall–Kier alpha value is -0.440. The van der Waals surface area contributed by atoms with Gasteiger partial charge in [0.2, 0.25) is 0 Å². The van der Waals surface area contributed by atoms with Crippen LogP contribution in [0.3, 0.4) is 0 Å². The summed E-state index contributed by atoms with van der Waals surface area (Å²) in [6, 6.07) is 12.8. The first-order valence-electron chi connectivity index (χ1n) is 5.87. The zero-order valence-electron chi connectivity index (χ0n) is 9.91. The predicted molar refractivity (Wildman–Crippen MR) is 82.7 cm³/mol. The Kier molecular flexibility index (Phi) is 3.44. The van der Waals surface area contributed by atoms with Crippen molar-refractivity contribution in [3.63, 3.8) is 0 Å². The molecule has 18 heavy (non-hydrogen) atoms. The Morgan fingerprint density at radius 1 is 1.17 bits per heavy atom. The molecule has 0 saturated carbocycles. The third-order valence-corrected chi connectivity index (χ3v) is 6.02. The Bertz CT molecular complexity index is 609. The highest BCUT2D eigenvalue weighted by Gasteiger charge is 2.22. The van der Waals surface area contributed by atoms with Gasteiger partial charge in [0.1, 0.15) is 0 Å². The molecule has 0 amide bonds. The molecule has 0 N–H and O–H groups in total. The van der Waals surface area contributed by atoms with E-state index in [0.717, 1.165) is 15.2 Å². The molecule has 0 aromatic heterocycles. The van der Waals surface area contributed by atoms with E-state index in [1.807, 2.05) is 17.8 Å². The Balaban J connectivity index is 2.21. The van der Waals surface area contributed by atoms with Crippen molar-refractivity contribution >= 4 is 39.3 Å². The number of thioether (sulfide) groups is 1. The van der Waals surface area contributed by atoms with Gasteiger partial charge in [-0.15, -0.1) is 11.8 Å². The van der Waals surface area contributed by atoms with Crippen LogP contribution in [0.5, 0.6) is 0 Å². The van der Waals surface area contributed by atoms with Crippen LogP contribution >= 0.6 is 39.3 Å². The van der Waals surface area contributed by atoms with Gasteiger partial charge in [-0.2, -0.15) is 0 Å². The Morgan fingerprint density at radius 3 is 2.78 bits per heavy atom. The van der Waals surface area contributed by atoms with Gasteiger partial charge in [-0.3, -0.25) is 0 Å². The number of rotatable bonds is 0. The molecule has 92 valence electrons. The zero-order valence-corrected chi connectivity index (χ0v) is 13.1. The van der Waals surface area contributed by atoms with Gasteiger partial charge < -0.3 is 0 Å². The molecule has 1 heterocycles. The van der Waals surface area contributed by atoms with Crippen molar-refractivity contribution < 1.29 is 0 Å². The van der Waals surface area contributed by atoms with E-state index < -0.39 is 0 Å². The van der Waals surface area contributed by atoms with E-state index in [1.54, 1.807) is 0 Å². The Labute approximate surface area is 125 Å². The minimum Gasteiger partial charge on any atom is -0.121 e. The molecule has 1 aliphatic heterocycles. The molecule has 2 aromatic carbocycles. The lowest BCUT2D eigenvalue weighted by Gasteiger charge is -2.16. The van der Waals surface area contributed by atoms with Crippen LogP contribution in [0.15, 0.2) is 45.8 Å². The molecule has 0 bridgehead atoms. The van der Waals surface area contributed by atoms with Gasteiger partial charge in [-0.25, -0.2) is 0 Å². The van der Waals surface area contributed by atoms with Crippen molar-refractivity contribution in [3.8, 4) is 0 Å². The maximum atomic E-state index is 6.20. The van der Waals surface area contributed by atoms with Gasteiger partial charge in [-0.05, 0) is 44.8 Å². The minimum atomic E-state index is 0.416. The summed E-state index contributed by atoms with van der Waals surface area (Å²) >= 11 is 11.7.